The number of fused-ring (bicyclic) bond motifs is 3. The monoisotopic (exact) mass is 479 g/mol. The molecule has 0 amide bonds. The van der Waals surface area contributed by atoms with Gasteiger partial charge in [0.05, 0.1) is 24.9 Å². The molecule has 34 heavy (non-hydrogen) atoms. The number of nitrogens with zero attached hydrogens (tertiary/aromatic N) is 4. The highest BCUT2D eigenvalue weighted by Gasteiger charge is 2.31. The van der Waals surface area contributed by atoms with E-state index in [4.69, 9.17) is 26.1 Å². The van der Waals surface area contributed by atoms with Crippen LogP contribution in [0.3, 0.4) is 0 Å². The molecule has 176 valence electrons. The third kappa shape index (κ3) is 4.43. The Bertz CT molecular complexity index is 1230. The van der Waals surface area contributed by atoms with E-state index in [0.717, 1.165) is 48.5 Å². The van der Waals surface area contributed by atoms with Crippen LogP contribution >= 0.6 is 11.6 Å². The number of hydrogen-bond donors (Lipinski definition) is 1. The Labute approximate surface area is 203 Å². The van der Waals surface area contributed by atoms with Crippen molar-refractivity contribution in [1.82, 2.24) is 20.1 Å². The molecule has 2 aliphatic heterocycles. The molecule has 0 spiro atoms. The number of hydrogen-bond acceptors (Lipinski definition) is 7. The highest BCUT2D eigenvalue weighted by molar-refractivity contribution is 6.30. The lowest BCUT2D eigenvalue weighted by atomic mass is 10.00. The van der Waals surface area contributed by atoms with Gasteiger partial charge in [-0.25, -0.2) is 0 Å². The SMILES string of the molecule is COc1ccc2c(c1)C(c1ccc(Cl)cc1)=N[C@@H](CC(=O)OC1CCNCC1)c1nnc(C)n1-2. The topological polar surface area (TPSA) is 90.6 Å². The van der Waals surface area contributed by atoms with Crippen molar-refractivity contribution in [3.05, 3.63) is 70.3 Å². The molecule has 1 N–H and O–H groups in total. The number of benzene rings is 2. The lowest BCUT2D eigenvalue weighted by Gasteiger charge is -2.23. The summed E-state index contributed by atoms with van der Waals surface area (Å²) < 4.78 is 13.3. The van der Waals surface area contributed by atoms with Gasteiger partial charge in [0.25, 0.3) is 0 Å². The average Bonchev–Trinajstić information content (AvgIpc) is 3.17. The van der Waals surface area contributed by atoms with Gasteiger partial charge in [0.15, 0.2) is 5.82 Å². The van der Waals surface area contributed by atoms with Crippen molar-refractivity contribution in [1.29, 1.82) is 0 Å². The molecule has 1 atom stereocenters. The first kappa shape index (κ1) is 22.6. The number of rotatable bonds is 5. The fourth-order valence-electron chi connectivity index (χ4n) is 4.48. The van der Waals surface area contributed by atoms with E-state index in [9.17, 15) is 4.79 Å². The van der Waals surface area contributed by atoms with Crippen LogP contribution < -0.4 is 10.1 Å². The molecule has 0 bridgehead atoms. The van der Waals surface area contributed by atoms with E-state index >= 15 is 0 Å². The van der Waals surface area contributed by atoms with Gasteiger partial charge in [0.1, 0.15) is 23.7 Å². The van der Waals surface area contributed by atoms with Gasteiger partial charge >= 0.3 is 5.97 Å². The largest absolute Gasteiger partial charge is 0.497 e. The van der Waals surface area contributed by atoms with Gasteiger partial charge in [-0.05, 0) is 63.2 Å². The fourth-order valence-corrected chi connectivity index (χ4v) is 4.61. The predicted octanol–water partition coefficient (Wildman–Crippen LogP) is 3.82. The lowest BCUT2D eigenvalue weighted by Crippen LogP contribution is -2.34. The minimum absolute atomic E-state index is 0.0692. The molecule has 2 aromatic carbocycles. The van der Waals surface area contributed by atoms with Gasteiger partial charge in [-0.3, -0.25) is 14.4 Å². The maximum atomic E-state index is 13.0. The maximum Gasteiger partial charge on any atom is 0.308 e. The fraction of sp³-hybridized carbons (Fsp3) is 0.360. The van der Waals surface area contributed by atoms with Crippen LogP contribution in [0.5, 0.6) is 5.75 Å². The highest BCUT2D eigenvalue weighted by Crippen LogP contribution is 2.34. The molecule has 1 aromatic heterocycles. The first-order chi connectivity index (χ1) is 16.5. The van der Waals surface area contributed by atoms with Crippen molar-refractivity contribution in [3.8, 4) is 11.4 Å². The predicted molar refractivity (Wildman–Crippen MR) is 129 cm³/mol. The summed E-state index contributed by atoms with van der Waals surface area (Å²) in [7, 11) is 1.63. The number of carbonyl (C=O) groups excluding carboxylic acids is 1. The third-order valence-corrected chi connectivity index (χ3v) is 6.45. The third-order valence-electron chi connectivity index (χ3n) is 6.19. The number of piperidine rings is 1. The van der Waals surface area contributed by atoms with Crippen molar-refractivity contribution in [2.24, 2.45) is 4.99 Å². The van der Waals surface area contributed by atoms with Gasteiger partial charge in [-0.1, -0.05) is 23.7 Å². The summed E-state index contributed by atoms with van der Waals surface area (Å²) in [5, 5.41) is 12.6. The first-order valence-corrected chi connectivity index (χ1v) is 11.8. The number of ether oxygens (including phenoxy) is 2. The number of nitrogens with one attached hydrogen (secondary N) is 1. The van der Waals surface area contributed by atoms with Crippen LogP contribution in [-0.2, 0) is 9.53 Å². The first-order valence-electron chi connectivity index (χ1n) is 11.4. The van der Waals surface area contributed by atoms with E-state index in [1.54, 1.807) is 7.11 Å². The summed E-state index contributed by atoms with van der Waals surface area (Å²) in [6.07, 6.45) is 1.64. The standard InChI is InChI=1S/C25H26ClN5O3/c1-15-29-30-25-21(14-23(32)34-18-9-11-27-12-10-18)28-24(16-3-5-17(26)6-4-16)20-13-19(33-2)7-8-22(20)31(15)25/h3-8,13,18,21,27H,9-12,14H2,1-2H3/t21-/m0/s1. The Hall–Kier alpha value is -3.23. The number of aromatic nitrogens is 3. The molecule has 3 aromatic rings. The molecule has 8 nitrogen and oxygen atoms in total. The quantitative estimate of drug-likeness (QED) is 0.559. The van der Waals surface area contributed by atoms with Crippen molar-refractivity contribution < 1.29 is 14.3 Å². The van der Waals surface area contributed by atoms with E-state index in [1.165, 1.54) is 0 Å². The Morgan fingerprint density at radius 1 is 1.15 bits per heavy atom. The molecule has 2 aliphatic rings. The van der Waals surface area contributed by atoms with Gasteiger partial charge in [-0.2, -0.15) is 0 Å². The normalized spacial score (nSPS) is 17.9. The second-order valence-corrected chi connectivity index (χ2v) is 8.90. The van der Waals surface area contributed by atoms with Gasteiger partial charge in [0.2, 0.25) is 0 Å². The Morgan fingerprint density at radius 3 is 2.65 bits per heavy atom. The zero-order valence-corrected chi connectivity index (χ0v) is 19.9. The maximum absolute atomic E-state index is 13.0. The van der Waals surface area contributed by atoms with Crippen LogP contribution in [0.2, 0.25) is 5.02 Å². The van der Waals surface area contributed by atoms with Crippen LogP contribution in [0, 0.1) is 6.92 Å². The van der Waals surface area contributed by atoms with Crippen LogP contribution in [0.4, 0.5) is 0 Å². The lowest BCUT2D eigenvalue weighted by molar-refractivity contribution is -0.150. The summed E-state index contributed by atoms with van der Waals surface area (Å²) in [6, 6.07) is 12.8. The van der Waals surface area contributed by atoms with E-state index in [0.29, 0.717) is 22.4 Å². The molecular formula is C25H26ClN5O3. The molecule has 1 saturated heterocycles. The van der Waals surface area contributed by atoms with Crippen molar-refractivity contribution >= 4 is 23.3 Å². The van der Waals surface area contributed by atoms with Crippen LogP contribution in [0.25, 0.3) is 5.69 Å². The zero-order chi connectivity index (χ0) is 23.7. The number of aliphatic imine (C=N–C) groups is 1. The number of esters is 1. The smallest absolute Gasteiger partial charge is 0.308 e. The molecule has 0 aliphatic carbocycles. The number of halogens is 1. The van der Waals surface area contributed by atoms with Crippen molar-refractivity contribution in [2.75, 3.05) is 20.2 Å². The van der Waals surface area contributed by atoms with E-state index in [-0.39, 0.29) is 18.5 Å². The van der Waals surface area contributed by atoms with Gasteiger partial charge in [-0.15, -0.1) is 10.2 Å². The molecule has 0 saturated carbocycles. The Balaban J connectivity index is 1.59. The van der Waals surface area contributed by atoms with E-state index < -0.39 is 6.04 Å². The number of aryl methyl sites for hydroxylation is 1. The summed E-state index contributed by atoms with van der Waals surface area (Å²) in [6.45, 7) is 3.60. The van der Waals surface area contributed by atoms with Crippen LogP contribution in [0.15, 0.2) is 47.5 Å². The minimum Gasteiger partial charge on any atom is -0.497 e. The van der Waals surface area contributed by atoms with Gasteiger partial charge < -0.3 is 14.8 Å². The molecule has 1 fully saturated rings. The second kappa shape index (κ2) is 9.56. The highest BCUT2D eigenvalue weighted by atomic mass is 35.5. The van der Waals surface area contributed by atoms with Crippen molar-refractivity contribution in [2.45, 2.75) is 38.3 Å². The summed E-state index contributed by atoms with van der Waals surface area (Å²) >= 11 is 6.15. The molecule has 3 heterocycles. The number of carbonyl (C=O) groups is 1. The Morgan fingerprint density at radius 2 is 1.91 bits per heavy atom. The van der Waals surface area contributed by atoms with Crippen LogP contribution in [-0.4, -0.2) is 52.7 Å². The summed E-state index contributed by atoms with van der Waals surface area (Å²) in [5.74, 6) is 1.74. The second-order valence-electron chi connectivity index (χ2n) is 8.47. The van der Waals surface area contributed by atoms with E-state index in [2.05, 4.69) is 15.5 Å². The average molecular weight is 480 g/mol. The molecular weight excluding hydrogens is 454 g/mol. The van der Waals surface area contributed by atoms with Crippen LogP contribution in [0.1, 0.15) is 48.1 Å². The zero-order valence-electron chi connectivity index (χ0n) is 19.1. The summed E-state index contributed by atoms with van der Waals surface area (Å²) in [4.78, 5) is 18.0. The molecule has 0 radical (unpaired) electrons. The molecule has 5 rings (SSSR count). The van der Waals surface area contributed by atoms with Gasteiger partial charge in [0, 0.05) is 16.1 Å². The van der Waals surface area contributed by atoms with E-state index in [1.807, 2.05) is 54.0 Å². The molecule has 9 heteroatoms. The Kier molecular flexibility index (Phi) is 6.34. The molecule has 0 unspecified atom stereocenters. The minimum atomic E-state index is -0.556. The number of methoxy groups -OCH3 is 1. The van der Waals surface area contributed by atoms with Crippen molar-refractivity contribution in [3.63, 3.8) is 0 Å². The summed E-state index contributed by atoms with van der Waals surface area (Å²) in [5.41, 5.74) is 3.35.